The molecule has 226 valence electrons. The molecule has 7 nitrogen and oxygen atoms in total. The molecule has 45 heavy (non-hydrogen) atoms. The van der Waals surface area contributed by atoms with Crippen molar-refractivity contribution < 1.29 is 28.2 Å². The van der Waals surface area contributed by atoms with Gasteiger partial charge >= 0.3 is 5.91 Å². The number of hydrogen-bond donors (Lipinski definition) is 1. The fourth-order valence-corrected chi connectivity index (χ4v) is 6.76. The zero-order chi connectivity index (χ0) is 31.5. The van der Waals surface area contributed by atoms with Crippen molar-refractivity contribution in [3.63, 3.8) is 0 Å². The Bertz CT molecular complexity index is 1910. The van der Waals surface area contributed by atoms with Gasteiger partial charge in [0.25, 0.3) is 5.78 Å². The first kappa shape index (κ1) is 30.2. The van der Waals surface area contributed by atoms with Crippen molar-refractivity contribution >= 4 is 45.7 Å². The molecule has 11 heteroatoms. The molecule has 1 aromatic heterocycles. The summed E-state index contributed by atoms with van der Waals surface area (Å²) < 4.78 is 34.9. The van der Waals surface area contributed by atoms with Crippen LogP contribution < -0.4 is 9.64 Å². The molecule has 4 aromatic carbocycles. The number of amides is 1. The summed E-state index contributed by atoms with van der Waals surface area (Å²) in [6, 6.07) is 24.9. The maximum absolute atomic E-state index is 15.2. The molecule has 5 aromatic rings. The van der Waals surface area contributed by atoms with Gasteiger partial charge in [-0.3, -0.25) is 14.5 Å². The number of benzene rings is 4. The molecule has 1 unspecified atom stereocenters. The zero-order valence-corrected chi connectivity index (χ0v) is 25.4. The molecule has 1 atom stereocenters. The van der Waals surface area contributed by atoms with Crippen molar-refractivity contribution in [3.8, 4) is 5.75 Å². The van der Waals surface area contributed by atoms with Crippen molar-refractivity contribution in [1.82, 2.24) is 10.2 Å². The second-order valence-electron chi connectivity index (χ2n) is 10.3. The Labute approximate surface area is 265 Å². The van der Waals surface area contributed by atoms with E-state index in [9.17, 15) is 19.1 Å². The van der Waals surface area contributed by atoms with Crippen molar-refractivity contribution in [1.29, 1.82) is 0 Å². The first-order valence-electron chi connectivity index (χ1n) is 13.8. The number of rotatable bonds is 9. The highest BCUT2D eigenvalue weighted by molar-refractivity contribution is 8.00. The van der Waals surface area contributed by atoms with E-state index in [2.05, 4.69) is 10.2 Å². The Morgan fingerprint density at radius 2 is 1.69 bits per heavy atom. The van der Waals surface area contributed by atoms with E-state index >= 15 is 4.39 Å². The normalized spacial score (nSPS) is 15.9. The number of aromatic nitrogens is 2. The van der Waals surface area contributed by atoms with Crippen LogP contribution in [0.5, 0.6) is 5.75 Å². The number of aliphatic hydroxyl groups is 1. The van der Waals surface area contributed by atoms with Gasteiger partial charge in [0.1, 0.15) is 35.8 Å². The van der Waals surface area contributed by atoms with E-state index in [1.165, 1.54) is 42.1 Å². The molecule has 1 saturated heterocycles. The largest absolute Gasteiger partial charge is 0.507 e. The Morgan fingerprint density at radius 1 is 0.933 bits per heavy atom. The van der Waals surface area contributed by atoms with E-state index in [4.69, 9.17) is 4.74 Å². The molecule has 1 fully saturated rings. The highest BCUT2D eigenvalue weighted by atomic mass is 32.2. The molecule has 1 aliphatic heterocycles. The van der Waals surface area contributed by atoms with Gasteiger partial charge in [-0.25, -0.2) is 8.78 Å². The number of halogens is 2. The molecule has 1 amide bonds. The summed E-state index contributed by atoms with van der Waals surface area (Å²) in [4.78, 5) is 28.0. The SMILES string of the molecule is Cc1cccc(COc2ccc(C(O)=C3C(=O)C(=O)N(c4nnc(SCc5ccc(F)cc5)s4)C3c3ccccc3F)cc2)c1. The van der Waals surface area contributed by atoms with Crippen molar-refractivity contribution in [2.24, 2.45) is 0 Å². The highest BCUT2D eigenvalue weighted by Crippen LogP contribution is 2.44. The van der Waals surface area contributed by atoms with Crippen LogP contribution in [0.2, 0.25) is 0 Å². The second-order valence-corrected chi connectivity index (χ2v) is 12.4. The molecule has 1 N–H and O–H groups in total. The van der Waals surface area contributed by atoms with E-state index in [1.807, 2.05) is 31.2 Å². The zero-order valence-electron chi connectivity index (χ0n) is 23.8. The predicted molar refractivity (Wildman–Crippen MR) is 169 cm³/mol. The third kappa shape index (κ3) is 6.50. The molecule has 0 saturated carbocycles. The number of ketones is 1. The Morgan fingerprint density at radius 3 is 2.42 bits per heavy atom. The van der Waals surface area contributed by atoms with Gasteiger partial charge in [-0.05, 0) is 60.5 Å². The number of aliphatic hydroxyl groups excluding tert-OH is 1. The summed E-state index contributed by atoms with van der Waals surface area (Å²) >= 11 is 2.38. The second kappa shape index (κ2) is 13.0. The summed E-state index contributed by atoms with van der Waals surface area (Å²) in [6.07, 6.45) is 0. The lowest BCUT2D eigenvalue weighted by atomic mass is 9.95. The van der Waals surface area contributed by atoms with Gasteiger partial charge in [0, 0.05) is 16.9 Å². The number of thioether (sulfide) groups is 1. The van der Waals surface area contributed by atoms with Crippen LogP contribution in [0.25, 0.3) is 5.76 Å². The minimum Gasteiger partial charge on any atom is -0.507 e. The molecular formula is C34H25F2N3O4S2. The number of hydrogen-bond acceptors (Lipinski definition) is 8. The molecule has 6 rings (SSSR count). The van der Waals surface area contributed by atoms with E-state index in [1.54, 1.807) is 42.5 Å². The van der Waals surface area contributed by atoms with E-state index < -0.39 is 29.3 Å². The third-order valence-corrected chi connectivity index (χ3v) is 9.26. The topological polar surface area (TPSA) is 92.6 Å². The van der Waals surface area contributed by atoms with Crippen molar-refractivity contribution in [3.05, 3.63) is 142 Å². The van der Waals surface area contributed by atoms with Crippen LogP contribution in [-0.4, -0.2) is 27.0 Å². The third-order valence-electron chi connectivity index (χ3n) is 7.14. The number of carbonyl (C=O) groups excluding carboxylic acids is 2. The number of aryl methyl sites for hydroxylation is 1. The lowest BCUT2D eigenvalue weighted by Gasteiger charge is -2.22. The van der Waals surface area contributed by atoms with Crippen LogP contribution >= 0.6 is 23.1 Å². The molecule has 2 heterocycles. The summed E-state index contributed by atoms with van der Waals surface area (Å²) in [5, 5.41) is 19.8. The number of ether oxygens (including phenoxy) is 1. The molecular weight excluding hydrogens is 617 g/mol. The van der Waals surface area contributed by atoms with Gasteiger partial charge in [0.05, 0.1) is 5.57 Å². The maximum atomic E-state index is 15.2. The highest BCUT2D eigenvalue weighted by Gasteiger charge is 2.49. The van der Waals surface area contributed by atoms with Gasteiger partial charge in [-0.2, -0.15) is 0 Å². The number of anilines is 1. The van der Waals surface area contributed by atoms with Crippen LogP contribution in [0.4, 0.5) is 13.9 Å². The van der Waals surface area contributed by atoms with Crippen LogP contribution in [0, 0.1) is 18.6 Å². The molecule has 0 bridgehead atoms. The molecule has 1 aliphatic rings. The Balaban J connectivity index is 1.30. The van der Waals surface area contributed by atoms with Crippen LogP contribution in [0.3, 0.4) is 0 Å². The van der Waals surface area contributed by atoms with Gasteiger partial charge in [-0.15, -0.1) is 10.2 Å². The molecule has 0 spiro atoms. The summed E-state index contributed by atoms with van der Waals surface area (Å²) in [5.74, 6) is -2.38. The average Bonchev–Trinajstić information content (AvgIpc) is 3.61. The fraction of sp³-hybridized carbons (Fsp3) is 0.118. The molecule has 0 radical (unpaired) electrons. The first-order valence-corrected chi connectivity index (χ1v) is 15.6. The van der Waals surface area contributed by atoms with E-state index in [0.717, 1.165) is 32.9 Å². The lowest BCUT2D eigenvalue weighted by molar-refractivity contribution is -0.132. The average molecular weight is 642 g/mol. The van der Waals surface area contributed by atoms with Crippen LogP contribution in [0.1, 0.15) is 33.9 Å². The summed E-state index contributed by atoms with van der Waals surface area (Å²) in [6.45, 7) is 2.34. The minimum absolute atomic E-state index is 0.0204. The Hall–Kier alpha value is -4.87. The maximum Gasteiger partial charge on any atom is 0.301 e. The number of carbonyl (C=O) groups is 2. The first-order chi connectivity index (χ1) is 21.8. The fourth-order valence-electron chi connectivity index (χ4n) is 4.94. The van der Waals surface area contributed by atoms with Gasteiger partial charge in [0.15, 0.2) is 4.34 Å². The van der Waals surface area contributed by atoms with E-state index in [0.29, 0.717) is 22.4 Å². The monoisotopic (exact) mass is 641 g/mol. The van der Waals surface area contributed by atoms with Gasteiger partial charge < -0.3 is 9.84 Å². The minimum atomic E-state index is -1.29. The van der Waals surface area contributed by atoms with Crippen molar-refractivity contribution in [2.45, 2.75) is 29.7 Å². The number of Topliss-reactive ketones (excluding diaryl/α,β-unsaturated/α-hetero) is 1. The van der Waals surface area contributed by atoms with Crippen LogP contribution in [-0.2, 0) is 21.9 Å². The lowest BCUT2D eigenvalue weighted by Crippen LogP contribution is -2.29. The number of nitrogens with zero attached hydrogens (tertiary/aromatic N) is 3. The predicted octanol–water partition coefficient (Wildman–Crippen LogP) is 7.62. The van der Waals surface area contributed by atoms with Gasteiger partial charge in [-0.1, -0.05) is 83.3 Å². The Kier molecular flexibility index (Phi) is 8.72. The smallest absolute Gasteiger partial charge is 0.301 e. The van der Waals surface area contributed by atoms with Gasteiger partial charge in [0.2, 0.25) is 5.13 Å². The van der Waals surface area contributed by atoms with E-state index in [-0.39, 0.29) is 27.6 Å². The summed E-state index contributed by atoms with van der Waals surface area (Å²) in [5.41, 5.74) is 2.98. The summed E-state index contributed by atoms with van der Waals surface area (Å²) in [7, 11) is 0. The molecule has 0 aliphatic carbocycles. The standard InChI is InChI=1S/C34H25F2N3O4S2/c1-20-5-4-6-22(17-20)18-43-25-15-11-23(12-16-25)30(40)28-29(26-7-2-3-8-27(26)36)39(32(42)31(28)41)33-37-38-34(45-33)44-19-21-9-13-24(35)14-10-21/h2-17,29,40H,18-19H2,1H3. The van der Waals surface area contributed by atoms with Crippen molar-refractivity contribution in [2.75, 3.05) is 4.90 Å². The quantitative estimate of drug-likeness (QED) is 0.0582. The van der Waals surface area contributed by atoms with Crippen LogP contribution in [0.15, 0.2) is 107 Å².